The molecule has 2 saturated carbocycles. The molecule has 180 valence electrons. The lowest BCUT2D eigenvalue weighted by molar-refractivity contribution is -0.125. The second-order valence-corrected chi connectivity index (χ2v) is 9.13. The maximum atomic E-state index is 12.3. The van der Waals surface area contributed by atoms with Gasteiger partial charge >= 0.3 is 0 Å². The quantitative estimate of drug-likeness (QED) is 0.188. The molecule has 0 aromatic rings. The zero-order valence-electron chi connectivity index (χ0n) is 19.4. The Kier molecular flexibility index (Phi) is 12.5. The Balaban J connectivity index is 0.00000341. The highest BCUT2D eigenvalue weighted by molar-refractivity contribution is 14.0. The first-order valence-corrected chi connectivity index (χ1v) is 12.4. The minimum absolute atomic E-state index is 0. The Morgan fingerprint density at radius 3 is 2.29 bits per heavy atom. The van der Waals surface area contributed by atoms with Crippen LogP contribution in [0.1, 0.15) is 71.1 Å². The molecule has 8 heteroatoms. The molecule has 2 aliphatic carbocycles. The highest BCUT2D eigenvalue weighted by Gasteiger charge is 2.38. The predicted octanol–water partition coefficient (Wildman–Crippen LogP) is 2.89. The van der Waals surface area contributed by atoms with Gasteiger partial charge in [-0.25, -0.2) is 0 Å². The molecular weight excluding hydrogens is 505 g/mol. The number of morpholine rings is 1. The van der Waals surface area contributed by atoms with Crippen LogP contribution in [0.5, 0.6) is 0 Å². The van der Waals surface area contributed by atoms with Crippen LogP contribution in [-0.2, 0) is 9.53 Å². The first-order chi connectivity index (χ1) is 14.7. The molecule has 3 N–H and O–H groups in total. The van der Waals surface area contributed by atoms with E-state index in [1.165, 1.54) is 51.4 Å². The topological polar surface area (TPSA) is 78.0 Å². The summed E-state index contributed by atoms with van der Waals surface area (Å²) in [5.41, 5.74) is 0.180. The molecule has 0 unspecified atom stereocenters. The molecule has 0 radical (unpaired) electrons. The van der Waals surface area contributed by atoms with Gasteiger partial charge in [0.15, 0.2) is 5.96 Å². The molecule has 0 aromatic carbocycles. The lowest BCUT2D eigenvalue weighted by Gasteiger charge is -2.47. The molecule has 3 rings (SSSR count). The van der Waals surface area contributed by atoms with Crippen molar-refractivity contribution in [3.63, 3.8) is 0 Å². The zero-order valence-corrected chi connectivity index (χ0v) is 21.8. The van der Waals surface area contributed by atoms with E-state index in [4.69, 9.17) is 9.73 Å². The van der Waals surface area contributed by atoms with E-state index in [2.05, 4.69) is 27.8 Å². The van der Waals surface area contributed by atoms with Gasteiger partial charge < -0.3 is 20.7 Å². The standard InChI is InChI=1S/C23H43N5O2.HI/c1-2-24-22(26-14-13-25-21(29)20-9-5-3-6-10-20)27-19-23(11-7-4-8-12-23)28-15-17-30-18-16-28;/h20H,2-19H2,1H3,(H,25,29)(H2,24,26,27);1H. The fraction of sp³-hybridized carbons (Fsp3) is 0.913. The number of amides is 1. The summed E-state index contributed by atoms with van der Waals surface area (Å²) >= 11 is 0. The smallest absolute Gasteiger partial charge is 0.223 e. The number of nitrogens with one attached hydrogen (secondary N) is 3. The number of hydrogen-bond acceptors (Lipinski definition) is 4. The second-order valence-electron chi connectivity index (χ2n) is 9.13. The number of ether oxygens (including phenoxy) is 1. The Morgan fingerprint density at radius 1 is 0.968 bits per heavy atom. The molecule has 1 amide bonds. The van der Waals surface area contributed by atoms with E-state index in [9.17, 15) is 4.79 Å². The first-order valence-electron chi connectivity index (χ1n) is 12.4. The summed E-state index contributed by atoms with van der Waals surface area (Å²) in [6.45, 7) is 8.83. The fourth-order valence-electron chi connectivity index (χ4n) is 5.27. The molecule has 3 fully saturated rings. The molecule has 0 bridgehead atoms. The van der Waals surface area contributed by atoms with E-state index < -0.39 is 0 Å². The van der Waals surface area contributed by atoms with Crippen LogP contribution in [0.2, 0.25) is 0 Å². The third-order valence-electron chi connectivity index (χ3n) is 7.03. The Hall–Kier alpha value is -0.610. The maximum absolute atomic E-state index is 12.3. The minimum atomic E-state index is 0. The number of hydrogen-bond donors (Lipinski definition) is 3. The third kappa shape index (κ3) is 8.35. The molecular formula is C23H44IN5O2. The number of nitrogens with zero attached hydrogens (tertiary/aromatic N) is 2. The summed E-state index contributed by atoms with van der Waals surface area (Å²) in [6.07, 6.45) is 12.2. The molecule has 1 heterocycles. The zero-order chi connectivity index (χ0) is 21.1. The highest BCUT2D eigenvalue weighted by atomic mass is 127. The number of aliphatic imine (C=N–C) groups is 1. The van der Waals surface area contributed by atoms with Gasteiger partial charge in [-0.3, -0.25) is 14.7 Å². The van der Waals surface area contributed by atoms with E-state index >= 15 is 0 Å². The van der Waals surface area contributed by atoms with Gasteiger partial charge in [-0.1, -0.05) is 38.5 Å². The molecule has 0 aromatic heterocycles. The van der Waals surface area contributed by atoms with Crippen LogP contribution in [0.4, 0.5) is 0 Å². The van der Waals surface area contributed by atoms with E-state index in [1.54, 1.807) is 0 Å². The number of carbonyl (C=O) groups is 1. The van der Waals surface area contributed by atoms with Crippen molar-refractivity contribution in [1.82, 2.24) is 20.9 Å². The molecule has 31 heavy (non-hydrogen) atoms. The lowest BCUT2D eigenvalue weighted by atomic mass is 9.80. The summed E-state index contributed by atoms with van der Waals surface area (Å²) in [5.74, 6) is 1.31. The van der Waals surface area contributed by atoms with Gasteiger partial charge in [0.1, 0.15) is 0 Å². The molecule has 1 aliphatic heterocycles. The summed E-state index contributed by atoms with van der Waals surface area (Å²) < 4.78 is 5.59. The third-order valence-corrected chi connectivity index (χ3v) is 7.03. The van der Waals surface area contributed by atoms with Gasteiger partial charge in [0, 0.05) is 44.2 Å². The van der Waals surface area contributed by atoms with Gasteiger partial charge in [0.05, 0.1) is 19.8 Å². The average molecular weight is 550 g/mol. The molecule has 1 saturated heterocycles. The molecule has 0 atom stereocenters. The second kappa shape index (κ2) is 14.5. The fourth-order valence-corrected chi connectivity index (χ4v) is 5.27. The predicted molar refractivity (Wildman–Crippen MR) is 137 cm³/mol. The van der Waals surface area contributed by atoms with Gasteiger partial charge in [-0.2, -0.15) is 0 Å². The number of halogens is 1. The highest BCUT2D eigenvalue weighted by Crippen LogP contribution is 2.34. The SMILES string of the molecule is CCNC(=NCC1(N2CCOCC2)CCCCC1)NCCNC(=O)C1CCCCC1.I. The molecule has 3 aliphatic rings. The van der Waals surface area contributed by atoms with Crippen molar-refractivity contribution < 1.29 is 9.53 Å². The summed E-state index contributed by atoms with van der Waals surface area (Å²) in [5, 5.41) is 9.90. The molecule has 0 spiro atoms. The lowest BCUT2D eigenvalue weighted by Crippen LogP contribution is -2.56. The van der Waals surface area contributed by atoms with Crippen molar-refractivity contribution in [1.29, 1.82) is 0 Å². The van der Waals surface area contributed by atoms with Crippen molar-refractivity contribution in [3.8, 4) is 0 Å². The largest absolute Gasteiger partial charge is 0.379 e. The normalized spacial score (nSPS) is 22.9. The summed E-state index contributed by atoms with van der Waals surface area (Å²) in [6, 6.07) is 0. The van der Waals surface area contributed by atoms with Crippen molar-refractivity contribution in [3.05, 3.63) is 0 Å². The van der Waals surface area contributed by atoms with Gasteiger partial charge in [-0.15, -0.1) is 24.0 Å². The maximum Gasteiger partial charge on any atom is 0.223 e. The Morgan fingerprint density at radius 2 is 1.61 bits per heavy atom. The minimum Gasteiger partial charge on any atom is -0.379 e. The van der Waals surface area contributed by atoms with Gasteiger partial charge in [0.2, 0.25) is 5.91 Å². The van der Waals surface area contributed by atoms with Crippen LogP contribution < -0.4 is 16.0 Å². The number of carbonyl (C=O) groups excluding carboxylic acids is 1. The van der Waals surface area contributed by atoms with Gasteiger partial charge in [-0.05, 0) is 32.6 Å². The van der Waals surface area contributed by atoms with Crippen LogP contribution in [0.3, 0.4) is 0 Å². The van der Waals surface area contributed by atoms with Crippen LogP contribution in [0.15, 0.2) is 4.99 Å². The molecule has 7 nitrogen and oxygen atoms in total. The van der Waals surface area contributed by atoms with Crippen molar-refractivity contribution in [2.24, 2.45) is 10.9 Å². The number of guanidine groups is 1. The van der Waals surface area contributed by atoms with Crippen molar-refractivity contribution in [2.75, 3.05) is 52.5 Å². The Bertz CT molecular complexity index is 542. The monoisotopic (exact) mass is 549 g/mol. The van der Waals surface area contributed by atoms with Crippen LogP contribution in [0.25, 0.3) is 0 Å². The number of rotatable bonds is 8. The van der Waals surface area contributed by atoms with E-state index in [0.717, 1.165) is 58.2 Å². The summed E-state index contributed by atoms with van der Waals surface area (Å²) in [7, 11) is 0. The summed E-state index contributed by atoms with van der Waals surface area (Å²) in [4.78, 5) is 19.9. The van der Waals surface area contributed by atoms with Crippen LogP contribution in [0, 0.1) is 5.92 Å². The van der Waals surface area contributed by atoms with Crippen LogP contribution >= 0.6 is 24.0 Å². The van der Waals surface area contributed by atoms with Gasteiger partial charge in [0.25, 0.3) is 0 Å². The van der Waals surface area contributed by atoms with E-state index in [1.807, 2.05) is 0 Å². The van der Waals surface area contributed by atoms with E-state index in [0.29, 0.717) is 13.1 Å². The van der Waals surface area contributed by atoms with Crippen LogP contribution in [-0.4, -0.2) is 74.8 Å². The average Bonchev–Trinajstić information content (AvgIpc) is 2.81. The van der Waals surface area contributed by atoms with Crippen molar-refractivity contribution >= 4 is 35.8 Å². The van der Waals surface area contributed by atoms with Crippen molar-refractivity contribution in [2.45, 2.75) is 76.7 Å². The first kappa shape index (κ1) is 26.6. The van der Waals surface area contributed by atoms with E-state index in [-0.39, 0.29) is 41.3 Å². The Labute approximate surface area is 205 Å².